The maximum Gasteiger partial charge on any atom is 0.151 e. The van der Waals surface area contributed by atoms with E-state index in [1.165, 1.54) is 17.2 Å². The minimum absolute atomic E-state index is 0.0923. The third kappa shape index (κ3) is 3.31. The number of hydrogen-bond acceptors (Lipinski definition) is 3. The highest BCUT2D eigenvalue weighted by atomic mass is 35.5. The van der Waals surface area contributed by atoms with E-state index in [0.29, 0.717) is 0 Å². The van der Waals surface area contributed by atoms with Gasteiger partial charge in [-0.25, -0.2) is 8.42 Å². The molecule has 2 aromatic rings. The Kier molecular flexibility index (Phi) is 4.48. The first-order chi connectivity index (χ1) is 10.4. The molecule has 2 atom stereocenters. The summed E-state index contributed by atoms with van der Waals surface area (Å²) in [6.07, 6.45) is 6.94. The van der Waals surface area contributed by atoms with Crippen molar-refractivity contribution in [3.05, 3.63) is 35.0 Å². The van der Waals surface area contributed by atoms with Gasteiger partial charge in [-0.15, -0.1) is 0 Å². The molecule has 6 heteroatoms. The number of rotatable bonds is 5. The Bertz CT molecular complexity index is 770. The number of halogens is 1. The summed E-state index contributed by atoms with van der Waals surface area (Å²) in [5, 5.41) is 5.11. The maximum atomic E-state index is 11.8. The van der Waals surface area contributed by atoms with Crippen LogP contribution in [0, 0.1) is 0 Å². The monoisotopic (exact) mass is 340 g/mol. The predicted molar refractivity (Wildman–Crippen MR) is 91.3 cm³/mol. The lowest BCUT2D eigenvalue weighted by Crippen LogP contribution is -2.40. The van der Waals surface area contributed by atoms with Crippen LogP contribution in [0.15, 0.2) is 24.4 Å². The first-order valence-corrected chi connectivity index (χ1v) is 9.96. The van der Waals surface area contributed by atoms with Crippen molar-refractivity contribution in [2.24, 2.45) is 0 Å². The maximum absolute atomic E-state index is 11.8. The van der Waals surface area contributed by atoms with Crippen LogP contribution < -0.4 is 5.32 Å². The van der Waals surface area contributed by atoms with Crippen LogP contribution in [0.5, 0.6) is 0 Å². The van der Waals surface area contributed by atoms with Crippen LogP contribution in [0.2, 0.25) is 5.02 Å². The average Bonchev–Trinajstić information content (AvgIpc) is 3.05. The first kappa shape index (κ1) is 15.8. The Labute approximate surface area is 136 Å². The SMILES string of the molecule is CS(=O)(=O)[C@@H]1CCC[C@H]1NCCc1c[nH]c2cc(Cl)ccc12. The minimum atomic E-state index is -2.96. The van der Waals surface area contributed by atoms with Crippen LogP contribution in [-0.4, -0.2) is 37.5 Å². The van der Waals surface area contributed by atoms with Gasteiger partial charge in [0.2, 0.25) is 0 Å². The Morgan fingerprint density at radius 3 is 2.95 bits per heavy atom. The lowest BCUT2D eigenvalue weighted by molar-refractivity contribution is 0.510. The third-order valence-corrected chi connectivity index (χ3v) is 6.43. The van der Waals surface area contributed by atoms with Crippen LogP contribution in [0.25, 0.3) is 10.9 Å². The summed E-state index contributed by atoms with van der Waals surface area (Å²) in [7, 11) is -2.96. The summed E-state index contributed by atoms with van der Waals surface area (Å²) in [6.45, 7) is 0.784. The molecule has 0 radical (unpaired) electrons. The number of H-pyrrole nitrogens is 1. The molecule has 0 bridgehead atoms. The Morgan fingerprint density at radius 2 is 2.18 bits per heavy atom. The lowest BCUT2D eigenvalue weighted by Gasteiger charge is -2.19. The van der Waals surface area contributed by atoms with E-state index in [1.807, 2.05) is 24.4 Å². The van der Waals surface area contributed by atoms with Crippen molar-refractivity contribution in [2.45, 2.75) is 37.0 Å². The van der Waals surface area contributed by atoms with Crippen molar-refractivity contribution < 1.29 is 8.42 Å². The number of aromatic amines is 1. The molecule has 0 unspecified atom stereocenters. The number of nitrogens with one attached hydrogen (secondary N) is 2. The van der Waals surface area contributed by atoms with Crippen molar-refractivity contribution in [2.75, 3.05) is 12.8 Å². The largest absolute Gasteiger partial charge is 0.361 e. The molecule has 1 saturated carbocycles. The number of sulfone groups is 1. The van der Waals surface area contributed by atoms with E-state index in [0.717, 1.165) is 42.8 Å². The number of benzene rings is 1. The van der Waals surface area contributed by atoms with Crippen molar-refractivity contribution in [1.82, 2.24) is 10.3 Å². The molecule has 22 heavy (non-hydrogen) atoms. The van der Waals surface area contributed by atoms with Crippen molar-refractivity contribution in [3.63, 3.8) is 0 Å². The highest BCUT2D eigenvalue weighted by Gasteiger charge is 2.34. The smallest absolute Gasteiger partial charge is 0.151 e. The summed E-state index contributed by atoms with van der Waals surface area (Å²) in [6, 6.07) is 5.93. The van der Waals surface area contributed by atoms with E-state index in [-0.39, 0.29) is 11.3 Å². The van der Waals surface area contributed by atoms with Gasteiger partial charge in [0.15, 0.2) is 9.84 Å². The molecular weight excluding hydrogens is 320 g/mol. The third-order valence-electron chi connectivity index (χ3n) is 4.53. The molecule has 0 saturated heterocycles. The molecule has 3 rings (SSSR count). The van der Waals surface area contributed by atoms with Crippen LogP contribution in [0.1, 0.15) is 24.8 Å². The fourth-order valence-corrected chi connectivity index (χ4v) is 5.03. The van der Waals surface area contributed by atoms with Crippen LogP contribution in [-0.2, 0) is 16.3 Å². The van der Waals surface area contributed by atoms with Gasteiger partial charge in [0.1, 0.15) is 0 Å². The zero-order valence-electron chi connectivity index (χ0n) is 12.6. The van der Waals surface area contributed by atoms with Gasteiger partial charge in [-0.05, 0) is 43.5 Å². The molecule has 0 amide bonds. The quantitative estimate of drug-likeness (QED) is 0.879. The molecular formula is C16H21ClN2O2S. The summed E-state index contributed by atoms with van der Waals surface area (Å²) >= 11 is 5.99. The topological polar surface area (TPSA) is 62.0 Å². The van der Waals surface area contributed by atoms with Crippen molar-refractivity contribution in [3.8, 4) is 0 Å². The molecule has 4 nitrogen and oxygen atoms in total. The fraction of sp³-hybridized carbons (Fsp3) is 0.500. The molecule has 1 aromatic carbocycles. The van der Waals surface area contributed by atoms with Gasteiger partial charge >= 0.3 is 0 Å². The molecule has 1 aromatic heterocycles. The van der Waals surface area contributed by atoms with E-state index >= 15 is 0 Å². The Balaban J connectivity index is 1.63. The van der Waals surface area contributed by atoms with Gasteiger partial charge in [0.25, 0.3) is 0 Å². The summed E-state index contributed by atoms with van der Waals surface area (Å²) < 4.78 is 23.6. The molecule has 2 N–H and O–H groups in total. The standard InChI is InChI=1S/C16H21ClN2O2S/c1-22(20,21)16-4-2-3-14(16)18-8-7-11-10-19-15-9-12(17)5-6-13(11)15/h5-6,9-10,14,16,18-19H,2-4,7-8H2,1H3/t14-,16-/m1/s1. The second-order valence-corrected chi connectivity index (χ2v) is 8.81. The fourth-order valence-electron chi connectivity index (χ4n) is 3.43. The molecule has 1 fully saturated rings. The van der Waals surface area contributed by atoms with Crippen LogP contribution in [0.3, 0.4) is 0 Å². The zero-order valence-corrected chi connectivity index (χ0v) is 14.2. The molecule has 0 spiro atoms. The van der Waals surface area contributed by atoms with Gasteiger partial charge in [-0.2, -0.15) is 0 Å². The van der Waals surface area contributed by atoms with Gasteiger partial charge in [-0.3, -0.25) is 0 Å². The van der Waals surface area contributed by atoms with Gasteiger partial charge in [-0.1, -0.05) is 24.1 Å². The number of hydrogen-bond donors (Lipinski definition) is 2. The number of fused-ring (bicyclic) bond motifs is 1. The van der Waals surface area contributed by atoms with E-state index in [9.17, 15) is 8.42 Å². The molecule has 1 heterocycles. The Morgan fingerprint density at radius 1 is 1.36 bits per heavy atom. The molecule has 0 aliphatic heterocycles. The lowest BCUT2D eigenvalue weighted by atomic mass is 10.1. The summed E-state index contributed by atoms with van der Waals surface area (Å²) in [5.74, 6) is 0. The van der Waals surface area contributed by atoms with Crippen LogP contribution in [0.4, 0.5) is 0 Å². The second-order valence-electron chi connectivity index (χ2n) is 6.11. The van der Waals surface area contributed by atoms with Crippen LogP contribution >= 0.6 is 11.6 Å². The molecule has 1 aliphatic carbocycles. The highest BCUT2D eigenvalue weighted by Crippen LogP contribution is 2.25. The second kappa shape index (κ2) is 6.22. The van der Waals surface area contributed by atoms with E-state index in [1.54, 1.807) is 0 Å². The van der Waals surface area contributed by atoms with E-state index < -0.39 is 9.84 Å². The minimum Gasteiger partial charge on any atom is -0.361 e. The van der Waals surface area contributed by atoms with Gasteiger partial charge in [0, 0.05) is 34.4 Å². The summed E-state index contributed by atoms with van der Waals surface area (Å²) in [5.41, 5.74) is 2.27. The Hall–Kier alpha value is -1.04. The molecule has 120 valence electrons. The average molecular weight is 341 g/mol. The predicted octanol–water partition coefficient (Wildman–Crippen LogP) is 2.92. The summed E-state index contributed by atoms with van der Waals surface area (Å²) in [4.78, 5) is 3.23. The van der Waals surface area contributed by atoms with Crippen molar-refractivity contribution >= 4 is 32.3 Å². The normalized spacial score (nSPS) is 22.5. The van der Waals surface area contributed by atoms with Crippen molar-refractivity contribution in [1.29, 1.82) is 0 Å². The van der Waals surface area contributed by atoms with E-state index in [4.69, 9.17) is 11.6 Å². The highest BCUT2D eigenvalue weighted by molar-refractivity contribution is 7.91. The molecule has 1 aliphatic rings. The zero-order chi connectivity index (χ0) is 15.7. The van der Waals surface area contributed by atoms with Gasteiger partial charge < -0.3 is 10.3 Å². The number of aromatic nitrogens is 1. The van der Waals surface area contributed by atoms with E-state index in [2.05, 4.69) is 10.3 Å². The van der Waals surface area contributed by atoms with Gasteiger partial charge in [0.05, 0.1) is 5.25 Å². The first-order valence-electron chi connectivity index (χ1n) is 7.63.